The summed E-state index contributed by atoms with van der Waals surface area (Å²) in [5, 5.41) is 4.75. The van der Waals surface area contributed by atoms with Crippen LogP contribution in [-0.4, -0.2) is 15.6 Å². The summed E-state index contributed by atoms with van der Waals surface area (Å²) in [7, 11) is 0. The molecule has 0 bridgehead atoms. The van der Waals surface area contributed by atoms with Gasteiger partial charge in [0.2, 0.25) is 0 Å². The van der Waals surface area contributed by atoms with Gasteiger partial charge in [0.05, 0.1) is 6.33 Å². The first kappa shape index (κ1) is 13.4. The zero-order chi connectivity index (χ0) is 14.2. The van der Waals surface area contributed by atoms with Crippen LogP contribution >= 0.6 is 11.6 Å². The number of hydrogen-bond donors (Lipinski definition) is 1. The Morgan fingerprint density at radius 3 is 3.05 bits per heavy atom. The fourth-order valence-corrected chi connectivity index (χ4v) is 4.17. The third kappa shape index (κ3) is 2.49. The van der Waals surface area contributed by atoms with Gasteiger partial charge < -0.3 is 9.88 Å². The van der Waals surface area contributed by atoms with Gasteiger partial charge in [-0.25, -0.2) is 4.98 Å². The fraction of sp³-hybridized carbons (Fsp3) is 0.471. The van der Waals surface area contributed by atoms with Crippen molar-refractivity contribution in [3.05, 3.63) is 53.1 Å². The first-order valence-corrected chi connectivity index (χ1v) is 8.21. The van der Waals surface area contributed by atoms with E-state index in [1.54, 1.807) is 0 Å². The minimum absolute atomic E-state index is 0.478. The predicted molar refractivity (Wildman–Crippen MR) is 84.6 cm³/mol. The molecule has 1 aromatic heterocycles. The summed E-state index contributed by atoms with van der Waals surface area (Å²) in [5.74, 6) is 0. The fourth-order valence-electron chi connectivity index (χ4n) is 3.97. The zero-order valence-electron chi connectivity index (χ0n) is 12.0. The van der Waals surface area contributed by atoms with E-state index < -0.39 is 0 Å². The van der Waals surface area contributed by atoms with Crippen LogP contribution in [0.4, 0.5) is 0 Å². The number of fused-ring (bicyclic) bond motifs is 1. The van der Waals surface area contributed by atoms with Crippen LogP contribution in [0.3, 0.4) is 0 Å². The maximum Gasteiger partial charge on any atom is 0.0949 e. The van der Waals surface area contributed by atoms with Gasteiger partial charge in [0.15, 0.2) is 0 Å². The molecular formula is C17H20ClN3. The Morgan fingerprint density at radius 1 is 1.24 bits per heavy atom. The van der Waals surface area contributed by atoms with Crippen molar-refractivity contribution in [2.45, 2.75) is 50.2 Å². The van der Waals surface area contributed by atoms with Crippen molar-refractivity contribution in [3.63, 3.8) is 0 Å². The molecule has 21 heavy (non-hydrogen) atoms. The van der Waals surface area contributed by atoms with Gasteiger partial charge in [0.25, 0.3) is 0 Å². The second kappa shape index (κ2) is 5.47. The molecule has 1 heterocycles. The van der Waals surface area contributed by atoms with E-state index in [2.05, 4.69) is 33.2 Å². The van der Waals surface area contributed by atoms with Crippen molar-refractivity contribution in [1.29, 1.82) is 0 Å². The minimum atomic E-state index is 0.478. The zero-order valence-corrected chi connectivity index (χ0v) is 12.8. The van der Waals surface area contributed by atoms with E-state index in [0.717, 1.165) is 11.4 Å². The van der Waals surface area contributed by atoms with E-state index in [1.807, 2.05) is 18.6 Å². The summed E-state index contributed by atoms with van der Waals surface area (Å²) in [4.78, 5) is 4.20. The minimum Gasteiger partial charge on any atom is -0.333 e. The molecule has 2 aliphatic rings. The average molecular weight is 302 g/mol. The van der Waals surface area contributed by atoms with Crippen LogP contribution < -0.4 is 5.32 Å². The number of nitrogens with zero attached hydrogens (tertiary/aromatic N) is 2. The number of imidazole rings is 1. The van der Waals surface area contributed by atoms with Crippen molar-refractivity contribution < 1.29 is 0 Å². The van der Waals surface area contributed by atoms with Gasteiger partial charge in [0, 0.05) is 35.5 Å². The van der Waals surface area contributed by atoms with Gasteiger partial charge in [0.1, 0.15) is 0 Å². The molecule has 0 saturated heterocycles. The Labute approximate surface area is 130 Å². The number of benzene rings is 1. The number of nitrogens with one attached hydrogen (secondary N) is 1. The van der Waals surface area contributed by atoms with Crippen LogP contribution in [-0.2, 0) is 6.42 Å². The van der Waals surface area contributed by atoms with Crippen LogP contribution in [0.2, 0.25) is 5.02 Å². The molecule has 1 saturated carbocycles. The summed E-state index contributed by atoms with van der Waals surface area (Å²) in [6.45, 7) is 0. The van der Waals surface area contributed by atoms with Crippen LogP contribution in [0.15, 0.2) is 36.9 Å². The van der Waals surface area contributed by atoms with Gasteiger partial charge in [-0.3, -0.25) is 0 Å². The Hall–Kier alpha value is -1.32. The largest absolute Gasteiger partial charge is 0.333 e. The van der Waals surface area contributed by atoms with Crippen molar-refractivity contribution in [3.8, 4) is 0 Å². The first-order chi connectivity index (χ1) is 10.3. The van der Waals surface area contributed by atoms with Crippen LogP contribution in [0.1, 0.15) is 48.9 Å². The molecule has 4 rings (SSSR count). The maximum atomic E-state index is 6.10. The Balaban J connectivity index is 1.52. The standard InChI is InChI=1S/C17H20ClN3/c18-13-5-6-14-12(10-13)4-7-15(14)20-16-2-1-3-17(16)21-9-8-19-11-21/h5-6,8-11,15-17,20H,1-4,7H2. The topological polar surface area (TPSA) is 29.9 Å². The van der Waals surface area contributed by atoms with E-state index in [4.69, 9.17) is 11.6 Å². The highest BCUT2D eigenvalue weighted by Crippen LogP contribution is 2.37. The molecule has 0 amide bonds. The smallest absolute Gasteiger partial charge is 0.0949 e. The molecule has 3 nitrogen and oxygen atoms in total. The second-order valence-electron chi connectivity index (χ2n) is 6.22. The summed E-state index contributed by atoms with van der Waals surface area (Å²) in [5.41, 5.74) is 2.85. The van der Waals surface area contributed by atoms with E-state index in [-0.39, 0.29) is 0 Å². The number of rotatable bonds is 3. The first-order valence-electron chi connectivity index (χ1n) is 7.83. The molecule has 3 unspecified atom stereocenters. The maximum absolute atomic E-state index is 6.10. The van der Waals surface area contributed by atoms with Crippen LogP contribution in [0, 0.1) is 0 Å². The third-order valence-electron chi connectivity index (χ3n) is 4.99. The lowest BCUT2D eigenvalue weighted by molar-refractivity contribution is 0.352. The molecule has 1 aromatic carbocycles. The van der Waals surface area contributed by atoms with Gasteiger partial charge in [-0.1, -0.05) is 17.7 Å². The summed E-state index contributed by atoms with van der Waals surface area (Å²) < 4.78 is 2.27. The van der Waals surface area contributed by atoms with Gasteiger partial charge in [-0.15, -0.1) is 0 Å². The van der Waals surface area contributed by atoms with Crippen LogP contribution in [0.5, 0.6) is 0 Å². The molecule has 1 fully saturated rings. The molecule has 2 aliphatic carbocycles. The molecule has 0 radical (unpaired) electrons. The summed E-state index contributed by atoms with van der Waals surface area (Å²) >= 11 is 6.10. The highest BCUT2D eigenvalue weighted by Gasteiger charge is 2.32. The number of aryl methyl sites for hydroxylation is 1. The lowest BCUT2D eigenvalue weighted by Crippen LogP contribution is -2.35. The summed E-state index contributed by atoms with van der Waals surface area (Å²) in [6.07, 6.45) is 12.0. The number of hydrogen-bond acceptors (Lipinski definition) is 2. The molecule has 2 aromatic rings. The second-order valence-corrected chi connectivity index (χ2v) is 6.65. The molecular weight excluding hydrogens is 282 g/mol. The Morgan fingerprint density at radius 2 is 2.19 bits per heavy atom. The van der Waals surface area contributed by atoms with Gasteiger partial charge in [-0.2, -0.15) is 0 Å². The quantitative estimate of drug-likeness (QED) is 0.931. The predicted octanol–water partition coefficient (Wildman–Crippen LogP) is 3.91. The number of halogens is 1. The number of aromatic nitrogens is 2. The molecule has 3 atom stereocenters. The Kier molecular flexibility index (Phi) is 3.48. The van der Waals surface area contributed by atoms with E-state index >= 15 is 0 Å². The summed E-state index contributed by atoms with van der Waals surface area (Å²) in [6, 6.07) is 7.91. The van der Waals surface area contributed by atoms with E-state index in [9.17, 15) is 0 Å². The third-order valence-corrected chi connectivity index (χ3v) is 5.22. The monoisotopic (exact) mass is 301 g/mol. The van der Waals surface area contributed by atoms with Gasteiger partial charge in [-0.05, 0) is 55.4 Å². The SMILES string of the molecule is Clc1ccc2c(c1)CCC2NC1CCCC1n1ccnc1. The van der Waals surface area contributed by atoms with E-state index in [1.165, 1.54) is 36.8 Å². The molecule has 1 N–H and O–H groups in total. The van der Waals surface area contributed by atoms with Crippen molar-refractivity contribution in [1.82, 2.24) is 14.9 Å². The van der Waals surface area contributed by atoms with Gasteiger partial charge >= 0.3 is 0 Å². The highest BCUT2D eigenvalue weighted by atomic mass is 35.5. The Bertz CT molecular complexity index is 623. The van der Waals surface area contributed by atoms with E-state index in [0.29, 0.717) is 18.1 Å². The molecule has 0 spiro atoms. The molecule has 0 aliphatic heterocycles. The molecule has 110 valence electrons. The van der Waals surface area contributed by atoms with Crippen molar-refractivity contribution in [2.24, 2.45) is 0 Å². The lowest BCUT2D eigenvalue weighted by atomic mass is 10.1. The van der Waals surface area contributed by atoms with Crippen molar-refractivity contribution in [2.75, 3.05) is 0 Å². The highest BCUT2D eigenvalue weighted by molar-refractivity contribution is 6.30. The van der Waals surface area contributed by atoms with Crippen LogP contribution in [0.25, 0.3) is 0 Å². The normalized spacial score (nSPS) is 28.0. The average Bonchev–Trinajstić information content (AvgIpc) is 3.19. The molecule has 4 heteroatoms. The lowest BCUT2D eigenvalue weighted by Gasteiger charge is -2.26. The van der Waals surface area contributed by atoms with Crippen molar-refractivity contribution >= 4 is 11.6 Å².